The molecular formula is C11H7F3N2O2. The topological polar surface area (TPSA) is 63.1 Å². The molecule has 0 spiro atoms. The molecule has 0 saturated heterocycles. The molecule has 0 aliphatic heterocycles. The van der Waals surface area contributed by atoms with E-state index >= 15 is 0 Å². The molecule has 18 heavy (non-hydrogen) atoms. The minimum atomic E-state index is -4.53. The average Bonchev–Trinajstić information content (AvgIpc) is 2.26. The van der Waals surface area contributed by atoms with Crippen LogP contribution < -0.4 is 0 Å². The van der Waals surface area contributed by atoms with Crippen molar-refractivity contribution in [3.63, 3.8) is 0 Å². The molecule has 1 aromatic carbocycles. The number of rotatable bonds is 2. The van der Waals surface area contributed by atoms with Crippen LogP contribution in [0.4, 0.5) is 13.2 Å². The third-order valence-electron chi connectivity index (χ3n) is 2.28. The highest BCUT2D eigenvalue weighted by atomic mass is 19.4. The number of aromatic nitrogens is 2. The zero-order valence-electron chi connectivity index (χ0n) is 8.90. The Bertz CT molecular complexity index is 611. The number of aliphatic carboxylic acids is 1. The van der Waals surface area contributed by atoms with Crippen LogP contribution in [0.25, 0.3) is 10.9 Å². The lowest BCUT2D eigenvalue weighted by Gasteiger charge is -2.09. The Hall–Kier alpha value is -2.18. The zero-order chi connectivity index (χ0) is 13.3. The van der Waals surface area contributed by atoms with Gasteiger partial charge in [-0.05, 0) is 6.07 Å². The highest BCUT2D eigenvalue weighted by molar-refractivity contribution is 5.82. The summed E-state index contributed by atoms with van der Waals surface area (Å²) in [5.74, 6) is -1.34. The summed E-state index contributed by atoms with van der Waals surface area (Å²) in [5.41, 5.74) is -1.18. The molecule has 0 amide bonds. The van der Waals surface area contributed by atoms with Crippen molar-refractivity contribution in [1.82, 2.24) is 9.97 Å². The van der Waals surface area contributed by atoms with Crippen LogP contribution in [-0.2, 0) is 17.4 Å². The van der Waals surface area contributed by atoms with Gasteiger partial charge in [0, 0.05) is 11.6 Å². The van der Waals surface area contributed by atoms with Crippen LogP contribution in [0.15, 0.2) is 24.4 Å². The van der Waals surface area contributed by atoms with Gasteiger partial charge >= 0.3 is 12.1 Å². The molecule has 0 aliphatic carbocycles. The van der Waals surface area contributed by atoms with Crippen LogP contribution in [0.1, 0.15) is 11.4 Å². The van der Waals surface area contributed by atoms with Gasteiger partial charge in [0.05, 0.1) is 11.1 Å². The number of nitrogens with zero attached hydrogens (tertiary/aromatic N) is 2. The van der Waals surface area contributed by atoms with Gasteiger partial charge in [-0.3, -0.25) is 4.79 Å². The number of carboxylic acids is 1. The number of para-hydroxylation sites is 1. The molecule has 0 unspecified atom stereocenters. The summed E-state index contributed by atoms with van der Waals surface area (Å²) in [4.78, 5) is 17.9. The van der Waals surface area contributed by atoms with Gasteiger partial charge in [0.2, 0.25) is 0 Å². The molecule has 1 aromatic heterocycles. The first-order chi connectivity index (χ1) is 8.38. The first-order valence-electron chi connectivity index (χ1n) is 4.91. The average molecular weight is 256 g/mol. The smallest absolute Gasteiger partial charge is 0.418 e. The van der Waals surface area contributed by atoms with Gasteiger partial charge in [-0.25, -0.2) is 9.97 Å². The van der Waals surface area contributed by atoms with Crippen molar-refractivity contribution in [2.24, 2.45) is 0 Å². The number of carboxylic acid groups (broad SMARTS) is 1. The van der Waals surface area contributed by atoms with Gasteiger partial charge < -0.3 is 5.11 Å². The lowest BCUT2D eigenvalue weighted by Crippen LogP contribution is -2.09. The number of alkyl halides is 3. The fourth-order valence-electron chi connectivity index (χ4n) is 1.54. The van der Waals surface area contributed by atoms with Crippen molar-refractivity contribution < 1.29 is 23.1 Å². The molecule has 94 valence electrons. The molecule has 1 N–H and O–H groups in total. The Kier molecular flexibility index (Phi) is 2.90. The Morgan fingerprint density at radius 2 is 2.06 bits per heavy atom. The maximum absolute atomic E-state index is 12.7. The third kappa shape index (κ3) is 2.39. The van der Waals surface area contributed by atoms with Gasteiger partial charge in [-0.2, -0.15) is 13.2 Å². The maximum Gasteiger partial charge on any atom is 0.418 e. The molecule has 0 fully saturated rings. The third-order valence-corrected chi connectivity index (χ3v) is 2.28. The van der Waals surface area contributed by atoms with Crippen molar-refractivity contribution in [3.8, 4) is 0 Å². The van der Waals surface area contributed by atoms with E-state index in [0.717, 1.165) is 6.07 Å². The van der Waals surface area contributed by atoms with Gasteiger partial charge in [0.1, 0.15) is 12.2 Å². The summed E-state index contributed by atoms with van der Waals surface area (Å²) in [6.45, 7) is 0. The molecule has 0 radical (unpaired) electrons. The second kappa shape index (κ2) is 4.25. The van der Waals surface area contributed by atoms with E-state index < -0.39 is 24.1 Å². The number of hydrogen-bond acceptors (Lipinski definition) is 3. The van der Waals surface area contributed by atoms with Crippen LogP contribution in [-0.4, -0.2) is 21.0 Å². The predicted molar refractivity (Wildman–Crippen MR) is 55.9 cm³/mol. The molecule has 2 rings (SSSR count). The van der Waals surface area contributed by atoms with Gasteiger partial charge in [-0.1, -0.05) is 12.1 Å². The van der Waals surface area contributed by atoms with Crippen LogP contribution in [0, 0.1) is 0 Å². The number of carbonyl (C=O) groups is 1. The lowest BCUT2D eigenvalue weighted by atomic mass is 10.1. The number of fused-ring (bicyclic) bond motifs is 1. The molecular weight excluding hydrogens is 249 g/mol. The first-order valence-corrected chi connectivity index (χ1v) is 4.91. The van der Waals surface area contributed by atoms with Crippen LogP contribution in [0.3, 0.4) is 0 Å². The summed E-state index contributed by atoms with van der Waals surface area (Å²) >= 11 is 0. The van der Waals surface area contributed by atoms with E-state index in [1.54, 1.807) is 0 Å². The molecule has 0 aliphatic rings. The molecule has 7 heteroatoms. The monoisotopic (exact) mass is 256 g/mol. The highest BCUT2D eigenvalue weighted by Gasteiger charge is 2.33. The van der Waals surface area contributed by atoms with Gasteiger partial charge in [-0.15, -0.1) is 0 Å². The van der Waals surface area contributed by atoms with E-state index in [1.165, 1.54) is 18.3 Å². The number of hydrogen-bond donors (Lipinski definition) is 1. The van der Waals surface area contributed by atoms with Crippen LogP contribution in [0.2, 0.25) is 0 Å². The van der Waals surface area contributed by atoms with E-state index in [0.29, 0.717) is 0 Å². The maximum atomic E-state index is 12.7. The SMILES string of the molecule is O=C(O)Cc1ncc2cccc(C(F)(F)F)c2n1. The molecule has 2 aromatic rings. The highest BCUT2D eigenvalue weighted by Crippen LogP contribution is 2.33. The Morgan fingerprint density at radius 1 is 1.33 bits per heavy atom. The van der Waals surface area contributed by atoms with E-state index in [2.05, 4.69) is 9.97 Å². The normalized spacial score (nSPS) is 11.7. The van der Waals surface area contributed by atoms with E-state index in [-0.39, 0.29) is 16.7 Å². The molecule has 0 atom stereocenters. The Balaban J connectivity index is 2.62. The van der Waals surface area contributed by atoms with Gasteiger partial charge in [0.15, 0.2) is 0 Å². The lowest BCUT2D eigenvalue weighted by molar-refractivity contribution is -0.137. The Labute approximate surface area is 99.1 Å². The van der Waals surface area contributed by atoms with Crippen molar-refractivity contribution in [2.75, 3.05) is 0 Å². The summed E-state index contributed by atoms with van der Waals surface area (Å²) in [6, 6.07) is 3.60. The largest absolute Gasteiger partial charge is 0.481 e. The molecule has 0 bridgehead atoms. The summed E-state index contributed by atoms with van der Waals surface area (Å²) < 4.78 is 38.2. The number of halogens is 3. The van der Waals surface area contributed by atoms with Crippen LogP contribution in [0.5, 0.6) is 0 Å². The minimum absolute atomic E-state index is 0.147. The van der Waals surface area contributed by atoms with Crippen molar-refractivity contribution in [2.45, 2.75) is 12.6 Å². The standard InChI is InChI=1S/C11H7F3N2O2/c12-11(13,14)7-3-1-2-6-5-15-8(4-9(17)18)16-10(6)7/h1-3,5H,4H2,(H,17,18). The summed E-state index contributed by atoms with van der Waals surface area (Å²) in [7, 11) is 0. The summed E-state index contributed by atoms with van der Waals surface area (Å²) in [5, 5.41) is 8.79. The number of benzene rings is 1. The van der Waals surface area contributed by atoms with E-state index in [1.807, 2.05) is 0 Å². The Morgan fingerprint density at radius 3 is 2.67 bits per heavy atom. The zero-order valence-corrected chi connectivity index (χ0v) is 8.90. The van der Waals surface area contributed by atoms with Crippen LogP contribution >= 0.6 is 0 Å². The first kappa shape index (κ1) is 12.3. The van der Waals surface area contributed by atoms with Crippen molar-refractivity contribution in [3.05, 3.63) is 35.8 Å². The van der Waals surface area contributed by atoms with Crippen molar-refractivity contribution >= 4 is 16.9 Å². The fraction of sp³-hybridized carbons (Fsp3) is 0.182. The molecule has 4 nitrogen and oxygen atoms in total. The minimum Gasteiger partial charge on any atom is -0.481 e. The van der Waals surface area contributed by atoms with Crippen molar-refractivity contribution in [1.29, 1.82) is 0 Å². The quantitative estimate of drug-likeness (QED) is 0.895. The van der Waals surface area contributed by atoms with Gasteiger partial charge in [0.25, 0.3) is 0 Å². The predicted octanol–water partition coefficient (Wildman–Crippen LogP) is 2.28. The van der Waals surface area contributed by atoms with E-state index in [9.17, 15) is 18.0 Å². The molecule has 1 heterocycles. The second-order valence-corrected chi connectivity index (χ2v) is 3.60. The van der Waals surface area contributed by atoms with E-state index in [4.69, 9.17) is 5.11 Å². The summed E-state index contributed by atoms with van der Waals surface area (Å²) in [6.07, 6.45) is -3.85. The molecule has 0 saturated carbocycles. The fourth-order valence-corrected chi connectivity index (χ4v) is 1.54. The second-order valence-electron chi connectivity index (χ2n) is 3.60.